The summed E-state index contributed by atoms with van der Waals surface area (Å²) in [7, 11) is -3.57. The van der Waals surface area contributed by atoms with Gasteiger partial charge in [-0.2, -0.15) is 0 Å². The van der Waals surface area contributed by atoms with Crippen LogP contribution in [0.3, 0.4) is 0 Å². The van der Waals surface area contributed by atoms with Crippen LogP contribution in [0.5, 0.6) is 0 Å². The molecular formula is C14H21N3O3S. The van der Waals surface area contributed by atoms with Crippen molar-refractivity contribution in [3.05, 3.63) is 24.3 Å². The van der Waals surface area contributed by atoms with E-state index in [-0.39, 0.29) is 16.8 Å². The summed E-state index contributed by atoms with van der Waals surface area (Å²) >= 11 is 0. The van der Waals surface area contributed by atoms with Gasteiger partial charge in [0.05, 0.1) is 5.69 Å². The summed E-state index contributed by atoms with van der Waals surface area (Å²) in [4.78, 5) is 12.1. The van der Waals surface area contributed by atoms with Crippen molar-refractivity contribution < 1.29 is 13.2 Å². The van der Waals surface area contributed by atoms with Crippen molar-refractivity contribution >= 4 is 21.6 Å². The second-order valence-corrected chi connectivity index (χ2v) is 6.88. The molecule has 1 aromatic carbocycles. The Morgan fingerprint density at radius 2 is 2.00 bits per heavy atom. The first-order chi connectivity index (χ1) is 9.94. The van der Waals surface area contributed by atoms with E-state index in [2.05, 4.69) is 15.4 Å². The van der Waals surface area contributed by atoms with E-state index < -0.39 is 16.1 Å². The van der Waals surface area contributed by atoms with E-state index >= 15 is 0 Å². The zero-order valence-electron chi connectivity index (χ0n) is 12.2. The molecule has 0 heterocycles. The van der Waals surface area contributed by atoms with Gasteiger partial charge in [-0.15, -0.1) is 0 Å². The van der Waals surface area contributed by atoms with E-state index in [1.807, 2.05) is 0 Å². The molecule has 6 nitrogen and oxygen atoms in total. The van der Waals surface area contributed by atoms with Crippen molar-refractivity contribution in [3.8, 4) is 0 Å². The Kier molecular flexibility index (Phi) is 4.84. The first-order valence-corrected chi connectivity index (χ1v) is 8.58. The second-order valence-electron chi connectivity index (χ2n) is 5.15. The zero-order valence-corrected chi connectivity index (χ0v) is 13.0. The first kappa shape index (κ1) is 15.8. The van der Waals surface area contributed by atoms with Crippen molar-refractivity contribution in [2.75, 3.05) is 11.9 Å². The maximum Gasteiger partial charge on any atom is 0.242 e. The predicted octanol–water partition coefficient (Wildman–Crippen LogP) is 1.06. The third-order valence-electron chi connectivity index (χ3n) is 3.20. The largest absolute Gasteiger partial charge is 0.373 e. The highest BCUT2D eigenvalue weighted by atomic mass is 32.2. The fourth-order valence-electron chi connectivity index (χ4n) is 1.94. The van der Waals surface area contributed by atoms with Crippen LogP contribution in [0.4, 0.5) is 5.69 Å². The number of nitrogens with one attached hydrogen (secondary N) is 3. The van der Waals surface area contributed by atoms with Gasteiger partial charge in [-0.25, -0.2) is 13.1 Å². The lowest BCUT2D eigenvalue weighted by Gasteiger charge is -2.18. The van der Waals surface area contributed by atoms with E-state index in [1.165, 1.54) is 6.07 Å². The minimum absolute atomic E-state index is 0.117. The van der Waals surface area contributed by atoms with E-state index in [9.17, 15) is 13.2 Å². The lowest BCUT2D eigenvalue weighted by molar-refractivity contribution is -0.121. The van der Waals surface area contributed by atoms with Gasteiger partial charge in [-0.3, -0.25) is 4.79 Å². The lowest BCUT2D eigenvalue weighted by Crippen LogP contribution is -2.39. The monoisotopic (exact) mass is 311 g/mol. The fourth-order valence-corrected chi connectivity index (χ4v) is 3.15. The minimum Gasteiger partial charge on any atom is -0.373 e. The molecule has 0 spiro atoms. The normalized spacial score (nSPS) is 16.3. The van der Waals surface area contributed by atoms with Crippen LogP contribution in [-0.4, -0.2) is 33.0 Å². The number of rotatable bonds is 7. The van der Waals surface area contributed by atoms with Crippen LogP contribution < -0.4 is 15.4 Å². The molecule has 0 radical (unpaired) electrons. The van der Waals surface area contributed by atoms with Gasteiger partial charge in [0.15, 0.2) is 0 Å². The molecule has 1 amide bonds. The summed E-state index contributed by atoms with van der Waals surface area (Å²) < 4.78 is 26.7. The number of hydrogen-bond acceptors (Lipinski definition) is 4. The van der Waals surface area contributed by atoms with Gasteiger partial charge >= 0.3 is 0 Å². The Hall–Kier alpha value is -1.60. The van der Waals surface area contributed by atoms with Crippen LogP contribution in [0.25, 0.3) is 0 Å². The number of carbonyl (C=O) groups is 1. The van der Waals surface area contributed by atoms with Crippen molar-refractivity contribution in [1.82, 2.24) is 10.0 Å². The van der Waals surface area contributed by atoms with Gasteiger partial charge in [0, 0.05) is 12.6 Å². The molecule has 7 heteroatoms. The Labute approximate surface area is 125 Å². The maximum absolute atomic E-state index is 12.1. The number of sulfonamides is 1. The van der Waals surface area contributed by atoms with E-state index in [0.29, 0.717) is 12.2 Å². The SMILES string of the molecule is CCNS(=O)(=O)c1ccccc1NC(C)C(=O)NC1CC1. The fraction of sp³-hybridized carbons (Fsp3) is 0.500. The molecule has 0 aromatic heterocycles. The number of benzene rings is 1. The maximum atomic E-state index is 12.1. The van der Waals surface area contributed by atoms with Gasteiger partial charge in [0.2, 0.25) is 15.9 Å². The van der Waals surface area contributed by atoms with Crippen LogP contribution >= 0.6 is 0 Å². The van der Waals surface area contributed by atoms with Crippen molar-refractivity contribution in [1.29, 1.82) is 0 Å². The molecule has 1 aliphatic carbocycles. The number of hydrogen-bond donors (Lipinski definition) is 3. The third kappa shape index (κ3) is 4.18. The highest BCUT2D eigenvalue weighted by Gasteiger charge is 2.26. The number of amides is 1. The summed E-state index contributed by atoms with van der Waals surface area (Å²) in [6.07, 6.45) is 2.04. The van der Waals surface area contributed by atoms with Gasteiger partial charge < -0.3 is 10.6 Å². The van der Waals surface area contributed by atoms with Crippen molar-refractivity contribution in [2.24, 2.45) is 0 Å². The molecular weight excluding hydrogens is 290 g/mol. The quantitative estimate of drug-likeness (QED) is 0.703. The van der Waals surface area contributed by atoms with E-state index in [0.717, 1.165) is 12.8 Å². The molecule has 1 atom stereocenters. The first-order valence-electron chi connectivity index (χ1n) is 7.09. The summed E-state index contributed by atoms with van der Waals surface area (Å²) in [5, 5.41) is 5.87. The average molecular weight is 311 g/mol. The van der Waals surface area contributed by atoms with Gasteiger partial charge in [-0.05, 0) is 31.9 Å². The molecule has 2 rings (SSSR count). The van der Waals surface area contributed by atoms with E-state index in [1.54, 1.807) is 32.0 Å². The number of para-hydroxylation sites is 1. The standard InChI is InChI=1S/C14H21N3O3S/c1-3-15-21(19,20)13-7-5-4-6-12(13)16-10(2)14(18)17-11-8-9-11/h4-7,10-11,15-16H,3,8-9H2,1-2H3,(H,17,18). The summed E-state index contributed by atoms with van der Waals surface area (Å²) in [6, 6.07) is 6.35. The zero-order chi connectivity index (χ0) is 15.5. The molecule has 1 saturated carbocycles. The molecule has 1 aliphatic rings. The van der Waals surface area contributed by atoms with Crippen molar-refractivity contribution in [3.63, 3.8) is 0 Å². The molecule has 0 saturated heterocycles. The van der Waals surface area contributed by atoms with Crippen LogP contribution in [0.2, 0.25) is 0 Å². The van der Waals surface area contributed by atoms with Crippen LogP contribution in [0.15, 0.2) is 29.2 Å². The Morgan fingerprint density at radius 3 is 2.62 bits per heavy atom. The Balaban J connectivity index is 2.14. The van der Waals surface area contributed by atoms with Crippen LogP contribution in [0.1, 0.15) is 26.7 Å². The molecule has 1 aromatic rings. The molecule has 0 bridgehead atoms. The van der Waals surface area contributed by atoms with Gasteiger partial charge in [0.25, 0.3) is 0 Å². The lowest BCUT2D eigenvalue weighted by atomic mass is 10.2. The van der Waals surface area contributed by atoms with E-state index in [4.69, 9.17) is 0 Å². The summed E-state index contributed by atoms with van der Waals surface area (Å²) in [5.41, 5.74) is 0.428. The number of anilines is 1. The Bertz CT molecular complexity index is 612. The van der Waals surface area contributed by atoms with Crippen LogP contribution in [-0.2, 0) is 14.8 Å². The number of carbonyl (C=O) groups excluding carboxylic acids is 1. The molecule has 3 N–H and O–H groups in total. The third-order valence-corrected chi connectivity index (χ3v) is 4.80. The summed E-state index contributed by atoms with van der Waals surface area (Å²) in [6.45, 7) is 3.75. The predicted molar refractivity (Wildman–Crippen MR) is 81.6 cm³/mol. The van der Waals surface area contributed by atoms with Gasteiger partial charge in [0.1, 0.15) is 10.9 Å². The molecule has 0 aliphatic heterocycles. The molecule has 1 unspecified atom stereocenters. The molecule has 116 valence electrons. The topological polar surface area (TPSA) is 87.3 Å². The summed E-state index contributed by atoms with van der Waals surface area (Å²) in [5.74, 6) is -0.117. The molecule has 1 fully saturated rings. The smallest absolute Gasteiger partial charge is 0.242 e. The minimum atomic E-state index is -3.57. The highest BCUT2D eigenvalue weighted by molar-refractivity contribution is 7.89. The van der Waals surface area contributed by atoms with Crippen LogP contribution in [0, 0.1) is 0 Å². The Morgan fingerprint density at radius 1 is 1.33 bits per heavy atom. The average Bonchev–Trinajstić information content (AvgIpc) is 3.23. The van der Waals surface area contributed by atoms with Crippen molar-refractivity contribution in [2.45, 2.75) is 43.7 Å². The second kappa shape index (κ2) is 6.44. The highest BCUT2D eigenvalue weighted by Crippen LogP contribution is 2.22. The molecule has 21 heavy (non-hydrogen) atoms. The van der Waals surface area contributed by atoms with Gasteiger partial charge in [-0.1, -0.05) is 19.1 Å².